The summed E-state index contributed by atoms with van der Waals surface area (Å²) in [7, 11) is 0. The summed E-state index contributed by atoms with van der Waals surface area (Å²) >= 11 is 0. The van der Waals surface area contributed by atoms with Gasteiger partial charge in [0, 0.05) is 11.1 Å². The molecule has 0 fully saturated rings. The number of hydrogen-bond donors (Lipinski definition) is 0. The van der Waals surface area contributed by atoms with E-state index in [0.717, 1.165) is 11.1 Å². The second-order valence-electron chi connectivity index (χ2n) is 5.34. The molecule has 0 saturated heterocycles. The van der Waals surface area contributed by atoms with Crippen LogP contribution in [0.3, 0.4) is 0 Å². The molecule has 0 saturated carbocycles. The van der Waals surface area contributed by atoms with E-state index in [1.807, 2.05) is 66.7 Å². The standard InChI is InChI=1S/C20H14O3/c21-20(22-14-8-2-1-3-9-14)19-15-10-4-6-12-17(15)23-18-13-7-5-11-16(18)19/h1-13,19H. The molecule has 3 nitrogen and oxygen atoms in total. The number of benzene rings is 3. The molecule has 1 aliphatic rings. The third kappa shape index (κ3) is 2.46. The molecule has 23 heavy (non-hydrogen) atoms. The Balaban J connectivity index is 1.77. The van der Waals surface area contributed by atoms with Crippen LogP contribution in [-0.4, -0.2) is 5.97 Å². The number of para-hydroxylation sites is 3. The predicted octanol–water partition coefficient (Wildman–Crippen LogP) is 4.53. The summed E-state index contributed by atoms with van der Waals surface area (Å²) in [6.07, 6.45) is 0. The van der Waals surface area contributed by atoms with Gasteiger partial charge in [-0.15, -0.1) is 0 Å². The number of hydrogen-bond acceptors (Lipinski definition) is 3. The van der Waals surface area contributed by atoms with Crippen molar-refractivity contribution in [3.05, 3.63) is 90.0 Å². The van der Waals surface area contributed by atoms with Crippen molar-refractivity contribution in [2.45, 2.75) is 5.92 Å². The molecule has 0 bridgehead atoms. The van der Waals surface area contributed by atoms with E-state index in [9.17, 15) is 4.79 Å². The maximum absolute atomic E-state index is 12.8. The summed E-state index contributed by atoms with van der Waals surface area (Å²) < 4.78 is 11.5. The Hall–Kier alpha value is -3.07. The van der Waals surface area contributed by atoms with Gasteiger partial charge in [0.15, 0.2) is 0 Å². The van der Waals surface area contributed by atoms with Crippen LogP contribution in [0.1, 0.15) is 17.0 Å². The van der Waals surface area contributed by atoms with Gasteiger partial charge in [0.05, 0.1) is 0 Å². The molecule has 3 aromatic rings. The van der Waals surface area contributed by atoms with Gasteiger partial charge >= 0.3 is 5.97 Å². The van der Waals surface area contributed by atoms with Crippen LogP contribution in [0.15, 0.2) is 78.9 Å². The molecule has 0 unspecified atom stereocenters. The quantitative estimate of drug-likeness (QED) is 0.515. The van der Waals surface area contributed by atoms with Gasteiger partial charge in [0.2, 0.25) is 0 Å². The zero-order chi connectivity index (χ0) is 15.6. The van der Waals surface area contributed by atoms with Gasteiger partial charge in [-0.2, -0.15) is 0 Å². The highest BCUT2D eigenvalue weighted by molar-refractivity contribution is 5.87. The summed E-state index contributed by atoms with van der Waals surface area (Å²) in [6, 6.07) is 24.3. The highest BCUT2D eigenvalue weighted by Crippen LogP contribution is 2.44. The van der Waals surface area contributed by atoms with Gasteiger partial charge in [0.1, 0.15) is 23.2 Å². The van der Waals surface area contributed by atoms with Crippen molar-refractivity contribution >= 4 is 5.97 Å². The van der Waals surface area contributed by atoms with Crippen LogP contribution in [0.4, 0.5) is 0 Å². The van der Waals surface area contributed by atoms with Crippen molar-refractivity contribution in [3.8, 4) is 17.2 Å². The molecular weight excluding hydrogens is 288 g/mol. The Morgan fingerprint density at radius 3 is 1.87 bits per heavy atom. The molecule has 4 rings (SSSR count). The van der Waals surface area contributed by atoms with Crippen LogP contribution >= 0.6 is 0 Å². The van der Waals surface area contributed by atoms with Gasteiger partial charge in [-0.05, 0) is 24.3 Å². The molecule has 3 heteroatoms. The lowest BCUT2D eigenvalue weighted by Crippen LogP contribution is -2.23. The summed E-state index contributed by atoms with van der Waals surface area (Å²) in [5.74, 6) is 1.14. The molecular formula is C20H14O3. The summed E-state index contributed by atoms with van der Waals surface area (Å²) in [5.41, 5.74) is 1.65. The molecule has 0 amide bonds. The molecule has 0 radical (unpaired) electrons. The Morgan fingerprint density at radius 1 is 0.739 bits per heavy atom. The third-order valence-electron chi connectivity index (χ3n) is 3.88. The van der Waals surface area contributed by atoms with Crippen LogP contribution < -0.4 is 9.47 Å². The fraction of sp³-hybridized carbons (Fsp3) is 0.0500. The average Bonchev–Trinajstić information content (AvgIpc) is 2.60. The summed E-state index contributed by atoms with van der Waals surface area (Å²) in [5, 5.41) is 0. The minimum absolute atomic E-state index is 0.306. The fourth-order valence-electron chi connectivity index (χ4n) is 2.83. The van der Waals surface area contributed by atoms with E-state index in [4.69, 9.17) is 9.47 Å². The van der Waals surface area contributed by atoms with Crippen molar-refractivity contribution in [3.63, 3.8) is 0 Å². The molecule has 0 spiro atoms. The predicted molar refractivity (Wildman–Crippen MR) is 86.9 cm³/mol. The monoisotopic (exact) mass is 302 g/mol. The van der Waals surface area contributed by atoms with Crippen LogP contribution in [0.5, 0.6) is 17.2 Å². The highest BCUT2D eigenvalue weighted by atomic mass is 16.5. The van der Waals surface area contributed by atoms with Gasteiger partial charge in [0.25, 0.3) is 0 Å². The fourth-order valence-corrected chi connectivity index (χ4v) is 2.83. The first-order valence-electron chi connectivity index (χ1n) is 7.45. The lowest BCUT2D eigenvalue weighted by molar-refractivity contribution is -0.135. The lowest BCUT2D eigenvalue weighted by atomic mass is 9.88. The Labute approximate surface area is 134 Å². The van der Waals surface area contributed by atoms with Gasteiger partial charge in [-0.25, -0.2) is 0 Å². The van der Waals surface area contributed by atoms with E-state index in [2.05, 4.69) is 0 Å². The van der Waals surface area contributed by atoms with E-state index in [-0.39, 0.29) is 5.97 Å². The summed E-state index contributed by atoms with van der Waals surface area (Å²) in [6.45, 7) is 0. The molecule has 0 aromatic heterocycles. The second-order valence-corrected chi connectivity index (χ2v) is 5.34. The molecule has 112 valence electrons. The zero-order valence-corrected chi connectivity index (χ0v) is 12.3. The minimum atomic E-state index is -0.489. The summed E-state index contributed by atoms with van der Waals surface area (Å²) in [4.78, 5) is 12.8. The van der Waals surface area contributed by atoms with Gasteiger partial charge < -0.3 is 9.47 Å². The van der Waals surface area contributed by atoms with Crippen molar-refractivity contribution in [1.29, 1.82) is 0 Å². The number of carbonyl (C=O) groups is 1. The number of carbonyl (C=O) groups excluding carboxylic acids is 1. The third-order valence-corrected chi connectivity index (χ3v) is 3.88. The smallest absolute Gasteiger partial charge is 0.323 e. The Morgan fingerprint density at radius 2 is 1.26 bits per heavy atom. The molecule has 0 aliphatic carbocycles. The number of ether oxygens (including phenoxy) is 2. The first kappa shape index (κ1) is 13.6. The lowest BCUT2D eigenvalue weighted by Gasteiger charge is -2.26. The first-order chi connectivity index (χ1) is 11.3. The minimum Gasteiger partial charge on any atom is -0.457 e. The molecule has 1 heterocycles. The van der Waals surface area contributed by atoms with E-state index in [1.165, 1.54) is 0 Å². The maximum Gasteiger partial charge on any atom is 0.323 e. The van der Waals surface area contributed by atoms with Gasteiger partial charge in [-0.3, -0.25) is 4.79 Å². The van der Waals surface area contributed by atoms with E-state index in [1.54, 1.807) is 12.1 Å². The van der Waals surface area contributed by atoms with Crippen molar-refractivity contribution in [2.24, 2.45) is 0 Å². The highest BCUT2D eigenvalue weighted by Gasteiger charge is 2.33. The average molecular weight is 302 g/mol. The van der Waals surface area contributed by atoms with Crippen molar-refractivity contribution in [1.82, 2.24) is 0 Å². The number of esters is 1. The van der Waals surface area contributed by atoms with Crippen LogP contribution in [0.2, 0.25) is 0 Å². The molecule has 0 N–H and O–H groups in total. The van der Waals surface area contributed by atoms with E-state index in [0.29, 0.717) is 17.2 Å². The SMILES string of the molecule is O=C(Oc1ccccc1)C1c2ccccc2Oc2ccccc21. The molecule has 3 aromatic carbocycles. The largest absolute Gasteiger partial charge is 0.457 e. The molecule has 0 atom stereocenters. The van der Waals surface area contributed by atoms with Crippen molar-refractivity contribution in [2.75, 3.05) is 0 Å². The normalized spacial score (nSPS) is 12.7. The number of fused-ring (bicyclic) bond motifs is 2. The Kier molecular flexibility index (Phi) is 3.31. The van der Waals surface area contributed by atoms with E-state index < -0.39 is 5.92 Å². The number of rotatable bonds is 2. The van der Waals surface area contributed by atoms with Crippen LogP contribution in [0.25, 0.3) is 0 Å². The van der Waals surface area contributed by atoms with Crippen molar-refractivity contribution < 1.29 is 14.3 Å². The second kappa shape index (κ2) is 5.61. The maximum atomic E-state index is 12.8. The van der Waals surface area contributed by atoms with Gasteiger partial charge in [-0.1, -0.05) is 54.6 Å². The zero-order valence-electron chi connectivity index (χ0n) is 12.3. The Bertz CT molecular complexity index is 810. The topological polar surface area (TPSA) is 35.5 Å². The van der Waals surface area contributed by atoms with E-state index >= 15 is 0 Å². The van der Waals surface area contributed by atoms with Crippen LogP contribution in [0, 0.1) is 0 Å². The first-order valence-corrected chi connectivity index (χ1v) is 7.45. The molecule has 1 aliphatic heterocycles. The van der Waals surface area contributed by atoms with Crippen LogP contribution in [-0.2, 0) is 4.79 Å².